The van der Waals surface area contributed by atoms with E-state index >= 15 is 0 Å². The Bertz CT molecular complexity index is 1170. The molecule has 2 heterocycles. The predicted octanol–water partition coefficient (Wildman–Crippen LogP) is 2.87. The zero-order valence-electron chi connectivity index (χ0n) is 19.7. The highest BCUT2D eigenvalue weighted by Gasteiger charge is 2.38. The van der Waals surface area contributed by atoms with Crippen LogP contribution in [0.1, 0.15) is 51.9 Å². The van der Waals surface area contributed by atoms with Gasteiger partial charge in [-0.05, 0) is 55.2 Å². The summed E-state index contributed by atoms with van der Waals surface area (Å²) < 4.78 is 33.2. The molecule has 14 heteroatoms. The number of hydrogen-bond donors (Lipinski definition) is 4. The number of aliphatic carboxylic acids is 1. The number of hydrogen-bond acceptors (Lipinski definition) is 5. The summed E-state index contributed by atoms with van der Waals surface area (Å²) in [7, 11) is 0. The maximum atomic E-state index is 13.1. The number of benzene rings is 1. The molecule has 10 nitrogen and oxygen atoms in total. The molecule has 202 valence electrons. The average molecular weight is 547 g/mol. The van der Waals surface area contributed by atoms with E-state index in [0.717, 1.165) is 11.1 Å². The zero-order chi connectivity index (χ0) is 27.9. The number of carbonyl (C=O) groups excluding carboxylic acids is 2. The number of halogens is 4. The molecule has 1 aliphatic rings. The molecule has 1 fully saturated rings. The van der Waals surface area contributed by atoms with Crippen molar-refractivity contribution in [3.8, 4) is 0 Å². The normalized spacial score (nSPS) is 15.1. The number of carbonyl (C=O) groups is 4. The number of nitrogens with one attached hydrogen (secondary N) is 1. The van der Waals surface area contributed by atoms with E-state index in [9.17, 15) is 32.7 Å². The number of nitrogens with two attached hydrogens (primary N) is 1. The van der Waals surface area contributed by atoms with Crippen LogP contribution in [0.3, 0.4) is 0 Å². The highest BCUT2D eigenvalue weighted by atomic mass is 35.5. The molecule has 0 bridgehead atoms. The van der Waals surface area contributed by atoms with E-state index in [-0.39, 0.29) is 29.7 Å². The van der Waals surface area contributed by atoms with Crippen molar-refractivity contribution in [2.45, 2.75) is 51.6 Å². The van der Waals surface area contributed by atoms with Crippen molar-refractivity contribution in [1.82, 2.24) is 14.8 Å². The van der Waals surface area contributed by atoms with Crippen molar-refractivity contribution in [2.24, 2.45) is 5.73 Å². The fourth-order valence-corrected chi connectivity index (χ4v) is 4.06. The number of rotatable bonds is 7. The van der Waals surface area contributed by atoms with Crippen LogP contribution in [-0.2, 0) is 29.2 Å². The molecule has 0 aliphatic carbocycles. The van der Waals surface area contributed by atoms with Crippen LogP contribution < -0.4 is 11.1 Å². The lowest BCUT2D eigenvalue weighted by atomic mass is 10.1. The molecular weight excluding hydrogens is 521 g/mol. The minimum Gasteiger partial charge on any atom is -0.477 e. The van der Waals surface area contributed by atoms with Gasteiger partial charge in [-0.25, -0.2) is 9.59 Å². The monoisotopic (exact) mass is 546 g/mol. The van der Waals surface area contributed by atoms with Crippen LogP contribution in [0.2, 0.25) is 5.02 Å². The van der Waals surface area contributed by atoms with Gasteiger partial charge in [0.25, 0.3) is 5.91 Å². The number of carboxylic acid groups (broad SMARTS) is 2. The number of nitrogens with zero attached hydrogens (tertiary/aromatic N) is 2. The Hall–Kier alpha value is -3.58. The first-order chi connectivity index (χ1) is 17.3. The van der Waals surface area contributed by atoms with Crippen molar-refractivity contribution in [2.75, 3.05) is 6.54 Å². The van der Waals surface area contributed by atoms with Crippen LogP contribution in [0.4, 0.5) is 13.2 Å². The van der Waals surface area contributed by atoms with Crippen molar-refractivity contribution >= 4 is 35.4 Å². The molecular formula is C23H26ClF3N4O6. The van der Waals surface area contributed by atoms with Crippen LogP contribution in [-0.4, -0.2) is 62.2 Å². The van der Waals surface area contributed by atoms with Gasteiger partial charge in [0.15, 0.2) is 0 Å². The van der Waals surface area contributed by atoms with E-state index in [4.69, 9.17) is 27.2 Å². The van der Waals surface area contributed by atoms with Crippen molar-refractivity contribution in [3.63, 3.8) is 0 Å². The largest absolute Gasteiger partial charge is 0.490 e. The Balaban J connectivity index is 0.000000604. The number of aromatic carboxylic acids is 1. The first kappa shape index (κ1) is 29.6. The number of alkyl halides is 3. The Morgan fingerprint density at radius 2 is 1.73 bits per heavy atom. The van der Waals surface area contributed by atoms with E-state index in [0.29, 0.717) is 37.5 Å². The standard InChI is InChI=1S/C21H25ClN4O4.C2HF3O2/c1-2-25-17(7-8-18(25)21(29)30)20(28)26-9-3-4-16(26)19(27)24-12-14-10-15(22)6-5-13(14)11-23;3-2(4,5)1(6)7/h5-8,10,16H,2-4,9,11-12,23H2,1H3,(H,24,27)(H,29,30);(H,6,7)/t16-;/m0./s1. The predicted molar refractivity (Wildman–Crippen MR) is 126 cm³/mol. The summed E-state index contributed by atoms with van der Waals surface area (Å²) in [6, 6.07) is 7.66. The van der Waals surface area contributed by atoms with Gasteiger partial charge in [0.05, 0.1) is 0 Å². The van der Waals surface area contributed by atoms with Crippen molar-refractivity contribution < 1.29 is 42.6 Å². The second-order valence-corrected chi connectivity index (χ2v) is 8.38. The van der Waals surface area contributed by atoms with E-state index in [2.05, 4.69) is 5.32 Å². The first-order valence-corrected chi connectivity index (χ1v) is 11.5. The van der Waals surface area contributed by atoms with Crippen molar-refractivity contribution in [1.29, 1.82) is 0 Å². The molecule has 2 aromatic rings. The minimum absolute atomic E-state index is 0.0521. The first-order valence-electron chi connectivity index (χ1n) is 11.1. The van der Waals surface area contributed by atoms with Gasteiger partial charge in [-0.3, -0.25) is 9.59 Å². The third-order valence-corrected chi connectivity index (χ3v) is 5.87. The Morgan fingerprint density at radius 1 is 1.11 bits per heavy atom. The summed E-state index contributed by atoms with van der Waals surface area (Å²) in [5.74, 6) is -4.44. The highest BCUT2D eigenvalue weighted by molar-refractivity contribution is 6.30. The van der Waals surface area contributed by atoms with Gasteiger partial charge in [0, 0.05) is 31.2 Å². The molecule has 0 spiro atoms. The zero-order valence-corrected chi connectivity index (χ0v) is 20.5. The lowest BCUT2D eigenvalue weighted by Crippen LogP contribution is -2.46. The second-order valence-electron chi connectivity index (χ2n) is 7.95. The van der Waals surface area contributed by atoms with Gasteiger partial charge < -0.3 is 30.7 Å². The summed E-state index contributed by atoms with van der Waals surface area (Å²) in [4.78, 5) is 47.7. The summed E-state index contributed by atoms with van der Waals surface area (Å²) in [5.41, 5.74) is 7.80. The number of likely N-dealkylation sites (tertiary alicyclic amines) is 1. The van der Waals surface area contributed by atoms with Crippen LogP contribution in [0.5, 0.6) is 0 Å². The van der Waals surface area contributed by atoms with Gasteiger partial charge >= 0.3 is 18.1 Å². The number of carboxylic acids is 2. The lowest BCUT2D eigenvalue weighted by Gasteiger charge is -2.25. The van der Waals surface area contributed by atoms with E-state index in [1.165, 1.54) is 21.6 Å². The molecule has 0 unspecified atom stereocenters. The van der Waals surface area contributed by atoms with Crippen LogP contribution in [0.25, 0.3) is 0 Å². The molecule has 37 heavy (non-hydrogen) atoms. The van der Waals surface area contributed by atoms with Crippen LogP contribution in [0.15, 0.2) is 30.3 Å². The van der Waals surface area contributed by atoms with Gasteiger partial charge in [-0.2, -0.15) is 13.2 Å². The summed E-state index contributed by atoms with van der Waals surface area (Å²) in [6.07, 6.45) is -3.83. The highest BCUT2D eigenvalue weighted by Crippen LogP contribution is 2.23. The Kier molecular flexibility index (Phi) is 10.1. The smallest absolute Gasteiger partial charge is 0.477 e. The lowest BCUT2D eigenvalue weighted by molar-refractivity contribution is -0.192. The number of amides is 2. The minimum atomic E-state index is -5.08. The molecule has 1 saturated heterocycles. The maximum Gasteiger partial charge on any atom is 0.490 e. The average Bonchev–Trinajstić information content (AvgIpc) is 3.49. The van der Waals surface area contributed by atoms with Gasteiger partial charge in [-0.1, -0.05) is 17.7 Å². The van der Waals surface area contributed by atoms with E-state index < -0.39 is 24.2 Å². The molecule has 0 saturated carbocycles. The number of aromatic nitrogens is 1. The fourth-order valence-electron chi connectivity index (χ4n) is 3.87. The molecule has 1 aromatic carbocycles. The quantitative estimate of drug-likeness (QED) is 0.416. The molecule has 3 rings (SSSR count). The fraction of sp³-hybridized carbons (Fsp3) is 0.391. The molecule has 1 aliphatic heterocycles. The van der Waals surface area contributed by atoms with E-state index in [1.807, 2.05) is 6.07 Å². The third kappa shape index (κ3) is 7.46. The third-order valence-electron chi connectivity index (χ3n) is 5.64. The second kappa shape index (κ2) is 12.6. The van der Waals surface area contributed by atoms with Gasteiger partial charge in [0.1, 0.15) is 17.4 Å². The molecule has 5 N–H and O–H groups in total. The van der Waals surface area contributed by atoms with Gasteiger partial charge in [-0.15, -0.1) is 0 Å². The summed E-state index contributed by atoms with van der Waals surface area (Å²) in [5, 5.41) is 19.9. The summed E-state index contributed by atoms with van der Waals surface area (Å²) >= 11 is 6.05. The Morgan fingerprint density at radius 3 is 2.27 bits per heavy atom. The molecule has 1 aromatic heterocycles. The molecule has 0 radical (unpaired) electrons. The maximum absolute atomic E-state index is 13.1. The van der Waals surface area contributed by atoms with Crippen LogP contribution >= 0.6 is 11.6 Å². The SMILES string of the molecule is CCn1c(C(=O)O)ccc1C(=O)N1CCC[C@H]1C(=O)NCc1cc(Cl)ccc1CN.O=C(O)C(F)(F)F. The molecule has 2 amide bonds. The van der Waals surface area contributed by atoms with E-state index in [1.54, 1.807) is 19.1 Å². The van der Waals surface area contributed by atoms with Crippen molar-refractivity contribution in [3.05, 3.63) is 57.9 Å². The van der Waals surface area contributed by atoms with Gasteiger partial charge in [0.2, 0.25) is 5.91 Å². The topological polar surface area (TPSA) is 155 Å². The van der Waals surface area contributed by atoms with Crippen LogP contribution in [0, 0.1) is 0 Å². The molecule has 1 atom stereocenters. The Labute approximate surface area is 214 Å². The summed E-state index contributed by atoms with van der Waals surface area (Å²) in [6.45, 7) is 3.16.